The highest BCUT2D eigenvalue weighted by Crippen LogP contribution is 2.31. The Labute approximate surface area is 137 Å². The van der Waals surface area contributed by atoms with Crippen LogP contribution < -0.4 is 0 Å². The number of alkyl halides is 1. The summed E-state index contributed by atoms with van der Waals surface area (Å²) in [4.78, 5) is 10.3. The molecule has 3 rings (SSSR count). The molecule has 0 atom stereocenters. The second-order valence-electron chi connectivity index (χ2n) is 5.61. The van der Waals surface area contributed by atoms with Crippen molar-refractivity contribution in [1.82, 2.24) is 14.5 Å². The maximum atomic E-state index is 6.06. The second-order valence-corrected chi connectivity index (χ2v) is 7.26. The van der Waals surface area contributed by atoms with Crippen LogP contribution in [0.1, 0.15) is 24.5 Å². The molecule has 0 radical (unpaired) electrons. The molecule has 6 heteroatoms. The summed E-state index contributed by atoms with van der Waals surface area (Å²) in [6.07, 6.45) is 1.65. The van der Waals surface area contributed by atoms with E-state index in [1.807, 2.05) is 6.07 Å². The highest BCUT2D eigenvalue weighted by molar-refractivity contribution is 7.10. The summed E-state index contributed by atoms with van der Waals surface area (Å²) in [6, 6.07) is 6.07. The standard InChI is InChI=1S/C15H15Cl2N3S/c1-15(2,12-4-3-5-21-12)9-20-13(7-16)19-11-6-10(17)8-18-14(11)20/h3-6,8H,7,9H2,1-2H3. The summed E-state index contributed by atoms with van der Waals surface area (Å²) >= 11 is 13.8. The molecule has 110 valence electrons. The molecule has 0 saturated heterocycles. The van der Waals surface area contributed by atoms with Crippen molar-refractivity contribution in [3.63, 3.8) is 0 Å². The number of thiophene rings is 1. The lowest BCUT2D eigenvalue weighted by molar-refractivity contribution is 0.441. The van der Waals surface area contributed by atoms with Crippen molar-refractivity contribution in [2.45, 2.75) is 31.7 Å². The lowest BCUT2D eigenvalue weighted by Crippen LogP contribution is -2.24. The van der Waals surface area contributed by atoms with Crippen molar-refractivity contribution >= 4 is 45.7 Å². The third-order valence-electron chi connectivity index (χ3n) is 3.49. The maximum Gasteiger partial charge on any atom is 0.160 e. The number of imidazole rings is 1. The van der Waals surface area contributed by atoms with Crippen LogP contribution in [-0.4, -0.2) is 14.5 Å². The van der Waals surface area contributed by atoms with Gasteiger partial charge in [-0.15, -0.1) is 22.9 Å². The van der Waals surface area contributed by atoms with E-state index in [2.05, 4.69) is 45.9 Å². The molecular formula is C15H15Cl2N3S. The average Bonchev–Trinajstić information content (AvgIpc) is 3.06. The van der Waals surface area contributed by atoms with Crippen LogP contribution in [0.15, 0.2) is 29.8 Å². The zero-order valence-electron chi connectivity index (χ0n) is 11.8. The predicted octanol–water partition coefficient (Wildman–Crippen LogP) is 4.86. The van der Waals surface area contributed by atoms with Crippen molar-refractivity contribution in [2.24, 2.45) is 0 Å². The van der Waals surface area contributed by atoms with Crippen LogP contribution in [0.2, 0.25) is 5.02 Å². The first kappa shape index (κ1) is 14.8. The second kappa shape index (κ2) is 5.59. The van der Waals surface area contributed by atoms with E-state index in [1.165, 1.54) is 4.88 Å². The van der Waals surface area contributed by atoms with Gasteiger partial charge in [0.2, 0.25) is 0 Å². The average molecular weight is 340 g/mol. The molecule has 21 heavy (non-hydrogen) atoms. The molecule has 0 spiro atoms. The summed E-state index contributed by atoms with van der Waals surface area (Å²) in [5.41, 5.74) is 1.61. The van der Waals surface area contributed by atoms with Crippen molar-refractivity contribution in [2.75, 3.05) is 0 Å². The molecule has 3 heterocycles. The molecular weight excluding hydrogens is 325 g/mol. The van der Waals surface area contributed by atoms with E-state index < -0.39 is 0 Å². The van der Waals surface area contributed by atoms with E-state index in [0.717, 1.165) is 23.5 Å². The van der Waals surface area contributed by atoms with Crippen LogP contribution in [0.4, 0.5) is 0 Å². The van der Waals surface area contributed by atoms with Crippen LogP contribution in [-0.2, 0) is 17.8 Å². The first-order chi connectivity index (χ1) is 10.0. The van der Waals surface area contributed by atoms with Gasteiger partial charge < -0.3 is 4.57 Å². The molecule has 0 aliphatic carbocycles. The number of pyridine rings is 1. The van der Waals surface area contributed by atoms with Gasteiger partial charge in [-0.3, -0.25) is 0 Å². The fraction of sp³-hybridized carbons (Fsp3) is 0.333. The minimum atomic E-state index is -0.01000. The topological polar surface area (TPSA) is 30.7 Å². The number of rotatable bonds is 4. The molecule has 0 N–H and O–H groups in total. The molecule has 3 aromatic rings. The van der Waals surface area contributed by atoms with Gasteiger partial charge in [-0.1, -0.05) is 31.5 Å². The molecule has 0 fully saturated rings. The first-order valence-electron chi connectivity index (χ1n) is 6.62. The molecule has 0 aromatic carbocycles. The Morgan fingerprint density at radius 2 is 2.19 bits per heavy atom. The van der Waals surface area contributed by atoms with Crippen molar-refractivity contribution in [1.29, 1.82) is 0 Å². The Morgan fingerprint density at radius 3 is 2.86 bits per heavy atom. The van der Waals surface area contributed by atoms with Gasteiger partial charge in [-0.25, -0.2) is 9.97 Å². The van der Waals surface area contributed by atoms with Crippen molar-refractivity contribution < 1.29 is 0 Å². The Bertz CT molecular complexity index is 763. The highest BCUT2D eigenvalue weighted by atomic mass is 35.5. The van der Waals surface area contributed by atoms with Crippen LogP contribution in [0, 0.1) is 0 Å². The number of hydrogen-bond acceptors (Lipinski definition) is 3. The van der Waals surface area contributed by atoms with E-state index in [1.54, 1.807) is 17.5 Å². The minimum Gasteiger partial charge on any atom is -0.311 e. The van der Waals surface area contributed by atoms with Gasteiger partial charge in [-0.2, -0.15) is 0 Å². The Morgan fingerprint density at radius 1 is 1.38 bits per heavy atom. The number of fused-ring (bicyclic) bond motifs is 1. The van der Waals surface area contributed by atoms with Gasteiger partial charge in [0, 0.05) is 23.0 Å². The van der Waals surface area contributed by atoms with E-state index in [-0.39, 0.29) is 5.41 Å². The molecule has 0 unspecified atom stereocenters. The van der Waals surface area contributed by atoms with Crippen LogP contribution in [0.25, 0.3) is 11.2 Å². The summed E-state index contributed by atoms with van der Waals surface area (Å²) < 4.78 is 2.10. The lowest BCUT2D eigenvalue weighted by Gasteiger charge is -2.25. The van der Waals surface area contributed by atoms with Crippen LogP contribution in [0.3, 0.4) is 0 Å². The Hall–Kier alpha value is -1.10. The molecule has 0 aliphatic heterocycles. The van der Waals surface area contributed by atoms with Crippen molar-refractivity contribution in [3.05, 3.63) is 45.5 Å². The predicted molar refractivity (Wildman–Crippen MR) is 89.4 cm³/mol. The van der Waals surface area contributed by atoms with Crippen LogP contribution in [0.5, 0.6) is 0 Å². The Kier molecular flexibility index (Phi) is 3.95. The molecule has 3 aromatic heterocycles. The third-order valence-corrected chi connectivity index (χ3v) is 5.17. The lowest BCUT2D eigenvalue weighted by atomic mass is 9.91. The van der Waals surface area contributed by atoms with Gasteiger partial charge in [0.1, 0.15) is 11.3 Å². The summed E-state index contributed by atoms with van der Waals surface area (Å²) in [5, 5.41) is 2.69. The highest BCUT2D eigenvalue weighted by Gasteiger charge is 2.25. The molecule has 0 aliphatic rings. The first-order valence-corrected chi connectivity index (χ1v) is 8.41. The van der Waals surface area contributed by atoms with E-state index in [4.69, 9.17) is 23.2 Å². The number of aromatic nitrogens is 3. The smallest absolute Gasteiger partial charge is 0.160 e. The zero-order chi connectivity index (χ0) is 15.0. The summed E-state index contributed by atoms with van der Waals surface area (Å²) in [7, 11) is 0. The molecule has 0 amide bonds. The molecule has 0 bridgehead atoms. The fourth-order valence-corrected chi connectivity index (χ4v) is 3.64. The van der Waals surface area contributed by atoms with E-state index >= 15 is 0 Å². The SMILES string of the molecule is CC(C)(Cn1c(CCl)nc2cc(Cl)cnc21)c1cccs1. The number of nitrogens with zero attached hydrogens (tertiary/aromatic N) is 3. The number of halogens is 2. The monoisotopic (exact) mass is 339 g/mol. The quantitative estimate of drug-likeness (QED) is 0.635. The van der Waals surface area contributed by atoms with Crippen molar-refractivity contribution in [3.8, 4) is 0 Å². The van der Waals surface area contributed by atoms with Gasteiger partial charge in [-0.05, 0) is 17.5 Å². The molecule has 3 nitrogen and oxygen atoms in total. The van der Waals surface area contributed by atoms with E-state index in [0.29, 0.717) is 10.9 Å². The largest absolute Gasteiger partial charge is 0.311 e. The fourth-order valence-electron chi connectivity index (χ4n) is 2.44. The third kappa shape index (κ3) is 2.80. The van der Waals surface area contributed by atoms with Crippen LogP contribution >= 0.6 is 34.5 Å². The maximum absolute atomic E-state index is 6.06. The molecule has 0 saturated carbocycles. The zero-order valence-corrected chi connectivity index (χ0v) is 14.1. The van der Waals surface area contributed by atoms with Gasteiger partial charge in [0.15, 0.2) is 5.65 Å². The van der Waals surface area contributed by atoms with Gasteiger partial charge in [0.05, 0.1) is 10.9 Å². The van der Waals surface area contributed by atoms with Gasteiger partial charge in [0.25, 0.3) is 0 Å². The van der Waals surface area contributed by atoms with E-state index in [9.17, 15) is 0 Å². The number of hydrogen-bond donors (Lipinski definition) is 0. The van der Waals surface area contributed by atoms with Gasteiger partial charge >= 0.3 is 0 Å². The normalized spacial score (nSPS) is 12.2. The Balaban J connectivity index is 2.07. The summed E-state index contributed by atoms with van der Waals surface area (Å²) in [6.45, 7) is 5.22. The summed E-state index contributed by atoms with van der Waals surface area (Å²) in [5.74, 6) is 1.18. The minimum absolute atomic E-state index is 0.01000.